The van der Waals surface area contributed by atoms with Crippen LogP contribution in [0.5, 0.6) is 5.75 Å². The smallest absolute Gasteiger partial charge is 0.205 e. The fraction of sp³-hybridized carbons (Fsp3) is 0.333. The molecule has 1 saturated heterocycles. The number of fused-ring (bicyclic) bond motifs is 2. The molecule has 2 aliphatic rings. The van der Waals surface area contributed by atoms with Gasteiger partial charge in [0.2, 0.25) is 6.29 Å². The Morgan fingerprint density at radius 2 is 1.95 bits per heavy atom. The Hall–Kier alpha value is -1.71. The molecule has 0 aliphatic carbocycles. The first-order chi connectivity index (χ1) is 10.7. The van der Waals surface area contributed by atoms with Gasteiger partial charge in [0.25, 0.3) is 0 Å². The van der Waals surface area contributed by atoms with E-state index in [1.54, 1.807) is 0 Å². The van der Waals surface area contributed by atoms with Crippen LogP contribution in [-0.4, -0.2) is 12.9 Å². The maximum Gasteiger partial charge on any atom is 0.205 e. The SMILES string of the molecule is Cc1ccc(N[C@@H]2c3cc(Cl)ccc3O[C@@H]3OCC[C@@H]32)cc1. The van der Waals surface area contributed by atoms with Crippen molar-refractivity contribution in [2.24, 2.45) is 5.92 Å². The largest absolute Gasteiger partial charge is 0.464 e. The van der Waals surface area contributed by atoms with Crippen molar-refractivity contribution in [3.63, 3.8) is 0 Å². The molecule has 2 aromatic carbocycles. The molecule has 0 aromatic heterocycles. The lowest BCUT2D eigenvalue weighted by Crippen LogP contribution is -2.36. The molecule has 0 radical (unpaired) electrons. The average molecular weight is 316 g/mol. The Labute approximate surface area is 135 Å². The van der Waals surface area contributed by atoms with Crippen molar-refractivity contribution in [2.45, 2.75) is 25.7 Å². The lowest BCUT2D eigenvalue weighted by atomic mass is 9.88. The molecule has 0 unspecified atom stereocenters. The summed E-state index contributed by atoms with van der Waals surface area (Å²) in [4.78, 5) is 0. The molecule has 0 spiro atoms. The molecule has 1 fully saturated rings. The maximum atomic E-state index is 6.19. The van der Waals surface area contributed by atoms with Crippen molar-refractivity contribution in [3.05, 3.63) is 58.6 Å². The Kier molecular flexibility index (Phi) is 3.47. The number of rotatable bonds is 2. The molecular formula is C18H18ClNO2. The summed E-state index contributed by atoms with van der Waals surface area (Å²) in [6.07, 6.45) is 0.816. The Balaban J connectivity index is 1.71. The first-order valence-corrected chi connectivity index (χ1v) is 7.99. The van der Waals surface area contributed by atoms with E-state index in [1.807, 2.05) is 18.2 Å². The van der Waals surface area contributed by atoms with Crippen LogP contribution in [-0.2, 0) is 4.74 Å². The number of hydrogen-bond donors (Lipinski definition) is 1. The van der Waals surface area contributed by atoms with Gasteiger partial charge in [-0.25, -0.2) is 0 Å². The highest BCUT2D eigenvalue weighted by Crippen LogP contribution is 2.45. The first-order valence-electron chi connectivity index (χ1n) is 7.61. The van der Waals surface area contributed by atoms with Gasteiger partial charge in [-0.1, -0.05) is 29.3 Å². The van der Waals surface area contributed by atoms with Gasteiger partial charge < -0.3 is 14.8 Å². The van der Waals surface area contributed by atoms with Crippen molar-refractivity contribution in [2.75, 3.05) is 11.9 Å². The Morgan fingerprint density at radius 1 is 1.14 bits per heavy atom. The quantitative estimate of drug-likeness (QED) is 0.881. The van der Waals surface area contributed by atoms with Gasteiger partial charge in [-0.2, -0.15) is 0 Å². The fourth-order valence-corrected chi connectivity index (χ4v) is 3.45. The molecule has 3 atom stereocenters. The molecule has 4 rings (SSSR count). The third kappa shape index (κ3) is 2.44. The van der Waals surface area contributed by atoms with Crippen LogP contribution in [0.4, 0.5) is 5.69 Å². The second-order valence-corrected chi connectivity index (χ2v) is 6.42. The van der Waals surface area contributed by atoms with E-state index < -0.39 is 0 Å². The van der Waals surface area contributed by atoms with Crippen LogP contribution in [0.3, 0.4) is 0 Å². The predicted octanol–water partition coefficient (Wildman–Crippen LogP) is 4.56. The maximum absolute atomic E-state index is 6.19. The highest BCUT2D eigenvalue weighted by atomic mass is 35.5. The van der Waals surface area contributed by atoms with Gasteiger partial charge >= 0.3 is 0 Å². The van der Waals surface area contributed by atoms with E-state index >= 15 is 0 Å². The number of nitrogens with one attached hydrogen (secondary N) is 1. The van der Waals surface area contributed by atoms with Crippen LogP contribution in [0.2, 0.25) is 5.02 Å². The van der Waals surface area contributed by atoms with E-state index in [2.05, 4.69) is 36.5 Å². The van der Waals surface area contributed by atoms with Gasteiger partial charge in [-0.15, -0.1) is 0 Å². The zero-order valence-electron chi connectivity index (χ0n) is 12.4. The summed E-state index contributed by atoms with van der Waals surface area (Å²) in [5, 5.41) is 4.38. The summed E-state index contributed by atoms with van der Waals surface area (Å²) < 4.78 is 11.7. The second-order valence-electron chi connectivity index (χ2n) is 5.98. The first kappa shape index (κ1) is 13.9. The number of benzene rings is 2. The zero-order valence-corrected chi connectivity index (χ0v) is 13.1. The van der Waals surface area contributed by atoms with Crippen molar-refractivity contribution < 1.29 is 9.47 Å². The van der Waals surface area contributed by atoms with Crippen LogP contribution in [0.1, 0.15) is 23.6 Å². The number of aryl methyl sites for hydroxylation is 1. The Bertz CT molecular complexity index is 686. The van der Waals surface area contributed by atoms with Crippen molar-refractivity contribution in [1.82, 2.24) is 0 Å². The van der Waals surface area contributed by atoms with Gasteiger partial charge in [-0.05, 0) is 43.7 Å². The summed E-state index contributed by atoms with van der Waals surface area (Å²) >= 11 is 6.19. The zero-order chi connectivity index (χ0) is 15.1. The average Bonchev–Trinajstić information content (AvgIpc) is 2.98. The summed E-state index contributed by atoms with van der Waals surface area (Å²) in [5.74, 6) is 1.16. The van der Waals surface area contributed by atoms with E-state index in [0.717, 1.165) is 35.1 Å². The van der Waals surface area contributed by atoms with Gasteiger partial charge in [0.05, 0.1) is 12.6 Å². The van der Waals surface area contributed by atoms with Crippen molar-refractivity contribution in [3.8, 4) is 5.75 Å². The van der Waals surface area contributed by atoms with Gasteiger partial charge in [0, 0.05) is 22.2 Å². The number of hydrogen-bond acceptors (Lipinski definition) is 3. The van der Waals surface area contributed by atoms with Crippen LogP contribution in [0.15, 0.2) is 42.5 Å². The molecule has 22 heavy (non-hydrogen) atoms. The molecule has 1 N–H and O–H groups in total. The highest BCUT2D eigenvalue weighted by molar-refractivity contribution is 6.30. The van der Waals surface area contributed by atoms with E-state index in [-0.39, 0.29) is 12.3 Å². The minimum Gasteiger partial charge on any atom is -0.464 e. The molecule has 0 bridgehead atoms. The van der Waals surface area contributed by atoms with Gasteiger partial charge in [0.1, 0.15) is 5.75 Å². The van der Waals surface area contributed by atoms with Gasteiger partial charge in [-0.3, -0.25) is 0 Å². The Morgan fingerprint density at radius 3 is 2.77 bits per heavy atom. The summed E-state index contributed by atoms with van der Waals surface area (Å²) in [5.41, 5.74) is 3.47. The van der Waals surface area contributed by atoms with Crippen LogP contribution < -0.4 is 10.1 Å². The third-order valence-corrected chi connectivity index (χ3v) is 4.67. The molecule has 4 heteroatoms. The fourth-order valence-electron chi connectivity index (χ4n) is 3.26. The van der Waals surface area contributed by atoms with Crippen molar-refractivity contribution >= 4 is 17.3 Å². The molecule has 0 saturated carbocycles. The second kappa shape index (κ2) is 5.49. The lowest BCUT2D eigenvalue weighted by Gasteiger charge is -2.36. The predicted molar refractivity (Wildman–Crippen MR) is 87.5 cm³/mol. The van der Waals surface area contributed by atoms with Crippen LogP contribution in [0.25, 0.3) is 0 Å². The van der Waals surface area contributed by atoms with Gasteiger partial charge in [0.15, 0.2) is 0 Å². The summed E-state index contributed by atoms with van der Waals surface area (Å²) in [7, 11) is 0. The molecule has 2 aromatic rings. The van der Waals surface area contributed by atoms with E-state index in [9.17, 15) is 0 Å². The molecule has 0 amide bonds. The molecular weight excluding hydrogens is 298 g/mol. The monoisotopic (exact) mass is 315 g/mol. The molecule has 3 nitrogen and oxygen atoms in total. The lowest BCUT2D eigenvalue weighted by molar-refractivity contribution is -0.0747. The summed E-state index contributed by atoms with van der Waals surface area (Å²) in [6.45, 7) is 2.83. The molecule has 2 heterocycles. The topological polar surface area (TPSA) is 30.5 Å². The minimum atomic E-state index is -0.170. The number of halogens is 1. The number of anilines is 1. The normalized spacial score (nSPS) is 26.0. The molecule has 2 aliphatic heterocycles. The third-order valence-electron chi connectivity index (χ3n) is 4.43. The van der Waals surface area contributed by atoms with Crippen LogP contribution in [0, 0.1) is 12.8 Å². The highest BCUT2D eigenvalue weighted by Gasteiger charge is 2.42. The molecule has 114 valence electrons. The van der Waals surface area contributed by atoms with E-state index in [1.165, 1.54) is 5.56 Å². The number of ether oxygens (including phenoxy) is 2. The minimum absolute atomic E-state index is 0.151. The summed E-state index contributed by atoms with van der Waals surface area (Å²) in [6, 6.07) is 14.4. The van der Waals surface area contributed by atoms with Crippen LogP contribution >= 0.6 is 11.6 Å². The standard InChI is InChI=1S/C18H18ClNO2/c1-11-2-5-13(6-3-11)20-17-14-8-9-21-18(14)22-16-7-4-12(19)10-15(16)17/h2-7,10,14,17-18,20H,8-9H2,1H3/t14-,17+,18+/m1/s1. The van der Waals surface area contributed by atoms with Crippen molar-refractivity contribution in [1.29, 1.82) is 0 Å². The van der Waals surface area contributed by atoms with E-state index in [0.29, 0.717) is 5.92 Å². The van der Waals surface area contributed by atoms with E-state index in [4.69, 9.17) is 21.1 Å².